The van der Waals surface area contributed by atoms with Gasteiger partial charge in [-0.25, -0.2) is 0 Å². The third-order valence-corrected chi connectivity index (χ3v) is 3.74. The second kappa shape index (κ2) is 4.87. The average molecular weight is 254 g/mol. The molecule has 2 nitrogen and oxygen atoms in total. The number of nitrogens with zero attached hydrogens (tertiary/aromatic N) is 1. The minimum Gasteiger partial charge on any atom is -0.393 e. The van der Waals surface area contributed by atoms with Crippen molar-refractivity contribution < 1.29 is 5.11 Å². The number of hydrogen-bond acceptors (Lipinski definition) is 2. The maximum Gasteiger partial charge on any atom is 0.0518 e. The van der Waals surface area contributed by atoms with Gasteiger partial charge in [0.1, 0.15) is 0 Å². The molecule has 0 aliphatic carbocycles. The zero-order valence-electron chi connectivity index (χ0n) is 10.7. The van der Waals surface area contributed by atoms with Gasteiger partial charge >= 0.3 is 0 Å². The van der Waals surface area contributed by atoms with Crippen LogP contribution in [0.5, 0.6) is 0 Å². The van der Waals surface area contributed by atoms with E-state index in [9.17, 15) is 5.11 Å². The number of aliphatic hydroxyl groups excluding tert-OH is 1. The number of anilines is 1. The second-order valence-electron chi connectivity index (χ2n) is 5.20. The molecule has 1 aromatic rings. The highest BCUT2D eigenvalue weighted by Crippen LogP contribution is 2.43. The Morgan fingerprint density at radius 2 is 2.12 bits per heavy atom. The smallest absolute Gasteiger partial charge is 0.0518 e. The molecule has 2 unspecified atom stereocenters. The summed E-state index contributed by atoms with van der Waals surface area (Å²) in [5, 5.41) is 10.4. The lowest BCUT2D eigenvalue weighted by atomic mass is 9.95. The summed E-state index contributed by atoms with van der Waals surface area (Å²) in [7, 11) is 0. The summed E-state index contributed by atoms with van der Waals surface area (Å²) in [5.41, 5.74) is 2.45. The molecule has 0 aromatic heterocycles. The van der Waals surface area contributed by atoms with Crippen LogP contribution in [0.25, 0.3) is 0 Å². The monoisotopic (exact) mass is 253 g/mol. The first-order valence-electron chi connectivity index (χ1n) is 6.23. The lowest BCUT2D eigenvalue weighted by Gasteiger charge is -2.24. The fraction of sp³-hybridized carbons (Fsp3) is 0.571. The van der Waals surface area contributed by atoms with Crippen molar-refractivity contribution in [2.45, 2.75) is 45.3 Å². The third-order valence-electron chi connectivity index (χ3n) is 3.41. The van der Waals surface area contributed by atoms with Gasteiger partial charge in [-0.2, -0.15) is 0 Å². The topological polar surface area (TPSA) is 23.5 Å². The Hall–Kier alpha value is -0.730. The molecular weight excluding hydrogens is 234 g/mol. The molecule has 3 heteroatoms. The normalized spacial score (nSPS) is 20.8. The number of halogens is 1. The van der Waals surface area contributed by atoms with Crippen LogP contribution in [0.2, 0.25) is 5.02 Å². The van der Waals surface area contributed by atoms with Crippen LogP contribution < -0.4 is 4.90 Å². The molecule has 94 valence electrons. The van der Waals surface area contributed by atoms with Crippen molar-refractivity contribution in [3.63, 3.8) is 0 Å². The lowest BCUT2D eigenvalue weighted by Crippen LogP contribution is -2.29. The Morgan fingerprint density at radius 3 is 2.71 bits per heavy atom. The molecule has 0 radical (unpaired) electrons. The van der Waals surface area contributed by atoms with Gasteiger partial charge in [0.05, 0.1) is 6.10 Å². The Morgan fingerprint density at radius 1 is 1.41 bits per heavy atom. The van der Waals surface area contributed by atoms with Crippen molar-refractivity contribution >= 4 is 17.3 Å². The molecule has 1 aliphatic heterocycles. The largest absolute Gasteiger partial charge is 0.393 e. The van der Waals surface area contributed by atoms with E-state index in [0.717, 1.165) is 18.0 Å². The Bertz CT molecular complexity index is 403. The highest BCUT2D eigenvalue weighted by molar-refractivity contribution is 6.32. The van der Waals surface area contributed by atoms with E-state index in [4.69, 9.17) is 11.6 Å². The minimum atomic E-state index is -0.281. The Kier molecular flexibility index (Phi) is 3.64. The number of aliphatic hydroxyl groups is 1. The molecule has 0 fully saturated rings. The molecule has 0 spiro atoms. The lowest BCUT2D eigenvalue weighted by molar-refractivity contribution is 0.176. The van der Waals surface area contributed by atoms with Crippen molar-refractivity contribution in [1.82, 2.24) is 0 Å². The maximum absolute atomic E-state index is 9.59. The SMILES string of the molecule is CC(O)CC1CN(C(C)C)c2cccc(Cl)c21. The summed E-state index contributed by atoms with van der Waals surface area (Å²) in [4.78, 5) is 2.37. The van der Waals surface area contributed by atoms with E-state index in [1.807, 2.05) is 19.1 Å². The highest BCUT2D eigenvalue weighted by Gasteiger charge is 2.32. The van der Waals surface area contributed by atoms with Crippen molar-refractivity contribution in [3.05, 3.63) is 28.8 Å². The van der Waals surface area contributed by atoms with Crippen LogP contribution in [-0.2, 0) is 0 Å². The van der Waals surface area contributed by atoms with Gasteiger partial charge in [-0.15, -0.1) is 0 Å². The molecular formula is C14H20ClNO. The van der Waals surface area contributed by atoms with Gasteiger partial charge in [0.25, 0.3) is 0 Å². The zero-order chi connectivity index (χ0) is 12.6. The van der Waals surface area contributed by atoms with Gasteiger partial charge < -0.3 is 10.0 Å². The van der Waals surface area contributed by atoms with Crippen molar-refractivity contribution in [3.8, 4) is 0 Å². The van der Waals surface area contributed by atoms with E-state index < -0.39 is 0 Å². The summed E-state index contributed by atoms with van der Waals surface area (Å²) in [6, 6.07) is 6.54. The van der Waals surface area contributed by atoms with Gasteiger partial charge in [0.2, 0.25) is 0 Å². The predicted molar refractivity (Wildman–Crippen MR) is 73.0 cm³/mol. The van der Waals surface area contributed by atoms with Crippen LogP contribution in [0.4, 0.5) is 5.69 Å². The van der Waals surface area contributed by atoms with Gasteiger partial charge in [-0.1, -0.05) is 17.7 Å². The predicted octanol–water partition coefficient (Wildman–Crippen LogP) is 3.42. The number of fused-ring (bicyclic) bond motifs is 1. The van der Waals surface area contributed by atoms with Gasteiger partial charge in [-0.05, 0) is 44.9 Å². The number of benzene rings is 1. The van der Waals surface area contributed by atoms with Gasteiger partial charge in [0.15, 0.2) is 0 Å². The van der Waals surface area contributed by atoms with Crippen molar-refractivity contribution in [1.29, 1.82) is 0 Å². The first kappa shape index (κ1) is 12.7. The minimum absolute atomic E-state index is 0.281. The van der Waals surface area contributed by atoms with E-state index in [1.165, 1.54) is 11.3 Å². The summed E-state index contributed by atoms with van der Waals surface area (Å²) < 4.78 is 0. The highest BCUT2D eigenvalue weighted by atomic mass is 35.5. The van der Waals surface area contributed by atoms with Crippen LogP contribution >= 0.6 is 11.6 Å². The summed E-state index contributed by atoms with van der Waals surface area (Å²) in [6.45, 7) is 7.18. The third kappa shape index (κ3) is 2.43. The first-order valence-corrected chi connectivity index (χ1v) is 6.61. The molecule has 2 rings (SSSR count). The molecule has 1 N–H and O–H groups in total. The first-order chi connectivity index (χ1) is 8.00. The number of rotatable bonds is 3. The molecule has 1 aliphatic rings. The molecule has 1 heterocycles. The van der Waals surface area contributed by atoms with Crippen LogP contribution in [0.1, 0.15) is 38.7 Å². The van der Waals surface area contributed by atoms with E-state index in [2.05, 4.69) is 24.8 Å². The average Bonchev–Trinajstić information content (AvgIpc) is 2.57. The molecule has 0 saturated heterocycles. The summed E-state index contributed by atoms with van der Waals surface area (Å²) in [5.74, 6) is 0.348. The quantitative estimate of drug-likeness (QED) is 0.892. The maximum atomic E-state index is 9.59. The fourth-order valence-electron chi connectivity index (χ4n) is 2.70. The number of hydrogen-bond donors (Lipinski definition) is 1. The summed E-state index contributed by atoms with van der Waals surface area (Å²) in [6.07, 6.45) is 0.496. The van der Waals surface area contributed by atoms with E-state index >= 15 is 0 Å². The second-order valence-corrected chi connectivity index (χ2v) is 5.61. The van der Waals surface area contributed by atoms with E-state index in [-0.39, 0.29) is 6.10 Å². The zero-order valence-corrected chi connectivity index (χ0v) is 11.4. The molecule has 17 heavy (non-hydrogen) atoms. The van der Waals surface area contributed by atoms with Crippen LogP contribution in [-0.4, -0.2) is 23.8 Å². The molecule has 0 amide bonds. The Balaban J connectivity index is 2.38. The van der Waals surface area contributed by atoms with Crippen molar-refractivity contribution in [2.75, 3.05) is 11.4 Å². The standard InChI is InChI=1S/C14H20ClNO/c1-9(2)16-8-11(7-10(3)17)14-12(15)5-4-6-13(14)16/h4-6,9-11,17H,7-8H2,1-3H3. The molecule has 2 atom stereocenters. The van der Waals surface area contributed by atoms with Crippen LogP contribution in [0.3, 0.4) is 0 Å². The summed E-state index contributed by atoms with van der Waals surface area (Å²) >= 11 is 6.31. The van der Waals surface area contributed by atoms with E-state index in [0.29, 0.717) is 12.0 Å². The fourth-order valence-corrected chi connectivity index (χ4v) is 3.02. The molecule has 0 bridgehead atoms. The molecule has 1 aromatic carbocycles. The van der Waals surface area contributed by atoms with Crippen molar-refractivity contribution in [2.24, 2.45) is 0 Å². The van der Waals surface area contributed by atoms with Gasteiger partial charge in [0, 0.05) is 29.2 Å². The van der Waals surface area contributed by atoms with Crippen LogP contribution in [0.15, 0.2) is 18.2 Å². The Labute approximate surface area is 108 Å². The van der Waals surface area contributed by atoms with E-state index in [1.54, 1.807) is 0 Å². The van der Waals surface area contributed by atoms with Crippen LogP contribution in [0, 0.1) is 0 Å². The van der Waals surface area contributed by atoms with Gasteiger partial charge in [-0.3, -0.25) is 0 Å². The molecule has 0 saturated carbocycles.